The Kier molecular flexibility index (Phi) is 23.8. The van der Waals surface area contributed by atoms with Gasteiger partial charge in [-0.05, 0) is 32.8 Å². The summed E-state index contributed by atoms with van der Waals surface area (Å²) in [7, 11) is 1.50. The van der Waals surface area contributed by atoms with E-state index in [1.807, 2.05) is 6.92 Å². The summed E-state index contributed by atoms with van der Waals surface area (Å²) < 4.78 is 0. The Balaban J connectivity index is -0.000000266. The van der Waals surface area contributed by atoms with Crippen LogP contribution in [0.3, 0.4) is 0 Å². The zero-order chi connectivity index (χ0) is 12.0. The Bertz CT molecular complexity index is 186. The van der Waals surface area contributed by atoms with Crippen LogP contribution in [0.1, 0.15) is 13.8 Å². The van der Waals surface area contributed by atoms with Gasteiger partial charge in [0.15, 0.2) is 6.29 Å². The van der Waals surface area contributed by atoms with Gasteiger partial charge in [-0.2, -0.15) is 0 Å². The topological polar surface area (TPSA) is 81.5 Å². The Morgan fingerprint density at radius 1 is 1.50 bits per heavy atom. The van der Waals surface area contributed by atoms with Crippen molar-refractivity contribution in [2.45, 2.75) is 13.8 Å². The van der Waals surface area contributed by atoms with Crippen molar-refractivity contribution < 1.29 is 4.79 Å². The second-order valence-corrected chi connectivity index (χ2v) is 1.91. The highest BCUT2D eigenvalue weighted by Gasteiger charge is 1.88. The van der Waals surface area contributed by atoms with Gasteiger partial charge in [0.05, 0.1) is 5.71 Å². The largest absolute Gasteiger partial charge is 0.402 e. The van der Waals surface area contributed by atoms with Crippen LogP contribution in [0.15, 0.2) is 16.8 Å². The van der Waals surface area contributed by atoms with Crippen LogP contribution in [0.4, 0.5) is 0 Å². The minimum Gasteiger partial charge on any atom is -0.402 e. The van der Waals surface area contributed by atoms with Crippen molar-refractivity contribution in [2.24, 2.45) is 16.5 Å². The highest BCUT2D eigenvalue weighted by Crippen LogP contribution is 1.83. The van der Waals surface area contributed by atoms with Crippen molar-refractivity contribution in [2.75, 3.05) is 13.6 Å². The molecule has 4 nitrogen and oxygen atoms in total. The van der Waals surface area contributed by atoms with E-state index in [4.69, 9.17) is 5.73 Å². The molecule has 0 saturated heterocycles. The van der Waals surface area contributed by atoms with E-state index in [0.29, 0.717) is 24.2 Å². The molecule has 0 atom stereocenters. The molecule has 0 aliphatic rings. The van der Waals surface area contributed by atoms with Gasteiger partial charge in [0, 0.05) is 12.2 Å². The standard InChI is InChI=1S/C7H12N2O.CH5N.CH2S/c1-3-9-7(5-10)4-6(2)8;2*1-2/h4-5H,3,8H2,1-2H3;2H2,1H3;1H2/b6-4-,9-7?;;. The monoisotopic (exact) mass is 217 g/mol. The first-order chi connectivity index (χ1) is 6.70. The normalized spacial score (nSPS) is 10.3. The maximum atomic E-state index is 10.2. The average molecular weight is 217 g/mol. The van der Waals surface area contributed by atoms with E-state index < -0.39 is 0 Å². The predicted molar refractivity (Wildman–Crippen MR) is 66.8 cm³/mol. The molecule has 0 unspecified atom stereocenters. The molecule has 0 amide bonds. The Hall–Kier alpha value is -1.07. The second kappa shape index (κ2) is 17.9. The number of carbonyl (C=O) groups is 1. The fourth-order valence-electron chi connectivity index (χ4n) is 0.533. The van der Waals surface area contributed by atoms with Gasteiger partial charge in [-0.15, -0.1) is 0 Å². The lowest BCUT2D eigenvalue weighted by Gasteiger charge is -1.89. The van der Waals surface area contributed by atoms with Crippen LogP contribution in [0, 0.1) is 0 Å². The number of nitrogens with two attached hydrogens (primary N) is 2. The second-order valence-electron chi connectivity index (χ2n) is 1.91. The number of carbonyl (C=O) groups excluding carboxylic acids is 1. The van der Waals surface area contributed by atoms with Gasteiger partial charge in [0.1, 0.15) is 0 Å². The molecular formula is C9H19N3OS. The van der Waals surface area contributed by atoms with E-state index in [1.165, 1.54) is 7.05 Å². The summed E-state index contributed by atoms with van der Waals surface area (Å²) in [5.41, 5.74) is 10.8. The Morgan fingerprint density at radius 3 is 2.14 bits per heavy atom. The molecule has 14 heavy (non-hydrogen) atoms. The molecule has 0 spiro atoms. The lowest BCUT2D eigenvalue weighted by Crippen LogP contribution is -2.01. The SMILES string of the molecule is C=S.CCN=C(C=O)/C=C(/C)N.CN. The van der Waals surface area contributed by atoms with E-state index >= 15 is 0 Å². The highest BCUT2D eigenvalue weighted by molar-refractivity contribution is 7.77. The molecule has 5 heteroatoms. The van der Waals surface area contributed by atoms with Gasteiger partial charge in [0.25, 0.3) is 0 Å². The van der Waals surface area contributed by atoms with Crippen LogP contribution in [0.2, 0.25) is 0 Å². The van der Waals surface area contributed by atoms with Crippen molar-refractivity contribution in [3.8, 4) is 0 Å². The maximum Gasteiger partial charge on any atom is 0.168 e. The van der Waals surface area contributed by atoms with Gasteiger partial charge in [0.2, 0.25) is 0 Å². The van der Waals surface area contributed by atoms with Gasteiger partial charge >= 0.3 is 0 Å². The van der Waals surface area contributed by atoms with Gasteiger partial charge in [-0.25, -0.2) is 0 Å². The number of aliphatic imine (C=N–C) groups is 1. The molecule has 0 aromatic rings. The number of aldehydes is 1. The molecule has 0 aliphatic carbocycles. The number of nitrogens with zero attached hydrogens (tertiary/aromatic N) is 1. The summed E-state index contributed by atoms with van der Waals surface area (Å²) in [4.78, 5) is 14.1. The fourth-order valence-corrected chi connectivity index (χ4v) is 0.533. The van der Waals surface area contributed by atoms with Gasteiger partial charge in [-0.1, -0.05) is 12.2 Å². The Morgan fingerprint density at radius 2 is 1.93 bits per heavy atom. The lowest BCUT2D eigenvalue weighted by atomic mass is 10.3. The van der Waals surface area contributed by atoms with Gasteiger partial charge < -0.3 is 11.5 Å². The van der Waals surface area contributed by atoms with Crippen molar-refractivity contribution in [3.63, 3.8) is 0 Å². The number of allylic oxidation sites excluding steroid dienone is 2. The summed E-state index contributed by atoms with van der Waals surface area (Å²) in [5, 5.41) is 0. The third-order valence-corrected chi connectivity index (χ3v) is 0.837. The van der Waals surface area contributed by atoms with Crippen LogP contribution >= 0.6 is 12.2 Å². The molecule has 0 heterocycles. The molecular weight excluding hydrogens is 198 g/mol. The number of thiocarbonyl (C=S) groups is 1. The minimum absolute atomic E-state index is 0.405. The molecule has 0 aromatic heterocycles. The molecule has 0 rings (SSSR count). The summed E-state index contributed by atoms with van der Waals surface area (Å²) in [6, 6.07) is 0. The zero-order valence-electron chi connectivity index (χ0n) is 8.99. The molecule has 0 aromatic carbocycles. The van der Waals surface area contributed by atoms with E-state index in [9.17, 15) is 4.79 Å². The van der Waals surface area contributed by atoms with Crippen molar-refractivity contribution in [3.05, 3.63) is 11.8 Å². The molecule has 0 bridgehead atoms. The van der Waals surface area contributed by atoms with Crippen LogP contribution in [-0.4, -0.2) is 31.5 Å². The summed E-state index contributed by atoms with van der Waals surface area (Å²) in [6.45, 7) is 4.19. The van der Waals surface area contributed by atoms with Crippen LogP contribution in [-0.2, 0) is 4.79 Å². The first-order valence-corrected chi connectivity index (χ1v) is 4.58. The maximum absolute atomic E-state index is 10.2. The number of hydrogen-bond donors (Lipinski definition) is 2. The molecule has 82 valence electrons. The third-order valence-electron chi connectivity index (χ3n) is 0.837. The van der Waals surface area contributed by atoms with Crippen molar-refractivity contribution in [1.29, 1.82) is 0 Å². The minimum atomic E-state index is 0.405. The van der Waals surface area contributed by atoms with E-state index in [2.05, 4.69) is 28.8 Å². The first kappa shape index (κ1) is 18.7. The molecule has 0 aliphatic heterocycles. The Labute approximate surface area is 91.1 Å². The number of hydrogen-bond acceptors (Lipinski definition) is 5. The summed E-state index contributed by atoms with van der Waals surface area (Å²) in [6.07, 6.45) is 2.25. The summed E-state index contributed by atoms with van der Waals surface area (Å²) >= 11 is 3.83. The predicted octanol–water partition coefficient (Wildman–Crippen LogP) is 0.700. The third kappa shape index (κ3) is 17.1. The average Bonchev–Trinajstić information content (AvgIpc) is 2.22. The summed E-state index contributed by atoms with van der Waals surface area (Å²) in [5.74, 6) is 2.83. The molecule has 0 saturated carbocycles. The van der Waals surface area contributed by atoms with Crippen LogP contribution in [0.25, 0.3) is 0 Å². The van der Waals surface area contributed by atoms with E-state index in [1.54, 1.807) is 13.0 Å². The fraction of sp³-hybridized carbons (Fsp3) is 0.444. The first-order valence-electron chi connectivity index (χ1n) is 4.00. The highest BCUT2D eigenvalue weighted by atomic mass is 32.1. The zero-order valence-corrected chi connectivity index (χ0v) is 9.80. The van der Waals surface area contributed by atoms with Crippen molar-refractivity contribution in [1.82, 2.24) is 0 Å². The van der Waals surface area contributed by atoms with Crippen molar-refractivity contribution >= 4 is 30.1 Å². The molecule has 0 radical (unpaired) electrons. The molecule has 4 N–H and O–H groups in total. The van der Waals surface area contributed by atoms with Gasteiger partial charge in [-0.3, -0.25) is 9.79 Å². The van der Waals surface area contributed by atoms with E-state index in [0.717, 1.165) is 0 Å². The number of rotatable bonds is 3. The van der Waals surface area contributed by atoms with Crippen LogP contribution in [0.5, 0.6) is 0 Å². The molecule has 0 fully saturated rings. The quantitative estimate of drug-likeness (QED) is 0.414. The van der Waals surface area contributed by atoms with E-state index in [-0.39, 0.29) is 0 Å². The van der Waals surface area contributed by atoms with Crippen LogP contribution < -0.4 is 11.5 Å². The lowest BCUT2D eigenvalue weighted by molar-refractivity contribution is -0.102. The smallest absolute Gasteiger partial charge is 0.168 e.